The molecule has 0 heterocycles. The number of hydrogen-bond donors (Lipinski definition) is 1. The third-order valence-electron chi connectivity index (χ3n) is 4.01. The highest BCUT2D eigenvalue weighted by Gasteiger charge is 2.46. The van der Waals surface area contributed by atoms with E-state index in [0.29, 0.717) is 6.61 Å². The normalized spacial score (nSPS) is 25.6. The molecule has 3 nitrogen and oxygen atoms in total. The van der Waals surface area contributed by atoms with E-state index in [9.17, 15) is 4.79 Å². The molecule has 4 heteroatoms. The fourth-order valence-electron chi connectivity index (χ4n) is 2.87. The second-order valence-corrected chi connectivity index (χ2v) is 6.47. The SMILES string of the molecule is CCOC(=O)C1(N)CCCC1CCSc1ccccc1. The van der Waals surface area contributed by atoms with E-state index < -0.39 is 5.54 Å². The van der Waals surface area contributed by atoms with Gasteiger partial charge in [0.25, 0.3) is 0 Å². The first-order chi connectivity index (χ1) is 9.66. The summed E-state index contributed by atoms with van der Waals surface area (Å²) in [6, 6.07) is 10.3. The van der Waals surface area contributed by atoms with Gasteiger partial charge in [0.05, 0.1) is 6.61 Å². The fourth-order valence-corrected chi connectivity index (χ4v) is 3.86. The quantitative estimate of drug-likeness (QED) is 0.646. The van der Waals surface area contributed by atoms with Gasteiger partial charge in [0.1, 0.15) is 5.54 Å². The number of esters is 1. The van der Waals surface area contributed by atoms with Crippen LogP contribution in [0.25, 0.3) is 0 Å². The smallest absolute Gasteiger partial charge is 0.326 e. The van der Waals surface area contributed by atoms with Crippen LogP contribution in [0.2, 0.25) is 0 Å². The molecule has 1 aromatic carbocycles. The van der Waals surface area contributed by atoms with E-state index in [0.717, 1.165) is 31.4 Å². The zero-order valence-electron chi connectivity index (χ0n) is 12.0. The van der Waals surface area contributed by atoms with E-state index in [1.54, 1.807) is 0 Å². The van der Waals surface area contributed by atoms with Crippen molar-refractivity contribution in [3.8, 4) is 0 Å². The van der Waals surface area contributed by atoms with Crippen molar-refractivity contribution in [2.45, 2.75) is 43.0 Å². The standard InChI is InChI=1S/C16H23NO2S/c1-2-19-15(18)16(17)11-6-7-13(16)10-12-20-14-8-4-3-5-9-14/h3-5,8-9,13H,2,6-7,10-12,17H2,1H3. The van der Waals surface area contributed by atoms with Crippen molar-refractivity contribution < 1.29 is 9.53 Å². The third kappa shape index (κ3) is 3.55. The Morgan fingerprint density at radius 1 is 1.45 bits per heavy atom. The number of ether oxygens (including phenoxy) is 1. The summed E-state index contributed by atoms with van der Waals surface area (Å²) < 4.78 is 5.15. The molecule has 0 saturated heterocycles. The molecule has 1 aliphatic rings. The van der Waals surface area contributed by atoms with Gasteiger partial charge in [-0.05, 0) is 50.0 Å². The molecular weight excluding hydrogens is 270 g/mol. The average molecular weight is 293 g/mol. The van der Waals surface area contributed by atoms with Crippen LogP contribution in [0.4, 0.5) is 0 Å². The highest BCUT2D eigenvalue weighted by atomic mass is 32.2. The Balaban J connectivity index is 1.86. The van der Waals surface area contributed by atoms with Gasteiger partial charge in [-0.2, -0.15) is 0 Å². The maximum Gasteiger partial charge on any atom is 0.326 e. The first kappa shape index (κ1) is 15.4. The Kier molecular flexibility index (Phi) is 5.49. The molecule has 1 aliphatic carbocycles. The number of thioether (sulfide) groups is 1. The maximum atomic E-state index is 12.1. The van der Waals surface area contributed by atoms with Crippen molar-refractivity contribution in [1.29, 1.82) is 0 Å². The van der Waals surface area contributed by atoms with Crippen molar-refractivity contribution in [3.05, 3.63) is 30.3 Å². The van der Waals surface area contributed by atoms with Crippen LogP contribution in [-0.4, -0.2) is 23.9 Å². The Morgan fingerprint density at radius 3 is 2.90 bits per heavy atom. The highest BCUT2D eigenvalue weighted by molar-refractivity contribution is 7.99. The topological polar surface area (TPSA) is 52.3 Å². The first-order valence-electron chi connectivity index (χ1n) is 7.30. The van der Waals surface area contributed by atoms with Gasteiger partial charge in [-0.15, -0.1) is 11.8 Å². The lowest BCUT2D eigenvalue weighted by atomic mass is 9.86. The van der Waals surface area contributed by atoms with Crippen LogP contribution < -0.4 is 5.73 Å². The van der Waals surface area contributed by atoms with E-state index in [2.05, 4.69) is 12.1 Å². The van der Waals surface area contributed by atoms with Gasteiger partial charge < -0.3 is 10.5 Å². The molecule has 110 valence electrons. The molecule has 0 bridgehead atoms. The third-order valence-corrected chi connectivity index (χ3v) is 5.05. The van der Waals surface area contributed by atoms with Gasteiger partial charge in [0.15, 0.2) is 0 Å². The summed E-state index contributed by atoms with van der Waals surface area (Å²) in [5, 5.41) is 0. The van der Waals surface area contributed by atoms with Gasteiger partial charge in [-0.25, -0.2) is 0 Å². The Morgan fingerprint density at radius 2 is 2.20 bits per heavy atom. The lowest BCUT2D eigenvalue weighted by Gasteiger charge is -2.28. The van der Waals surface area contributed by atoms with Crippen molar-refractivity contribution in [1.82, 2.24) is 0 Å². The van der Waals surface area contributed by atoms with Crippen LogP contribution >= 0.6 is 11.8 Å². The van der Waals surface area contributed by atoms with Gasteiger partial charge in [-0.3, -0.25) is 4.79 Å². The largest absolute Gasteiger partial charge is 0.465 e. The summed E-state index contributed by atoms with van der Waals surface area (Å²) in [7, 11) is 0. The molecule has 0 aromatic heterocycles. The molecule has 2 atom stereocenters. The molecule has 1 aromatic rings. The fraction of sp³-hybridized carbons (Fsp3) is 0.562. The number of nitrogens with two attached hydrogens (primary N) is 1. The van der Waals surface area contributed by atoms with E-state index in [4.69, 9.17) is 10.5 Å². The van der Waals surface area contributed by atoms with E-state index in [1.165, 1.54) is 4.90 Å². The molecule has 2 unspecified atom stereocenters. The molecule has 1 saturated carbocycles. The summed E-state index contributed by atoms with van der Waals surface area (Å²) in [6.07, 6.45) is 3.78. The zero-order valence-corrected chi connectivity index (χ0v) is 12.8. The lowest BCUT2D eigenvalue weighted by Crippen LogP contribution is -2.52. The van der Waals surface area contributed by atoms with Gasteiger partial charge in [0.2, 0.25) is 0 Å². The zero-order chi connectivity index (χ0) is 14.4. The maximum absolute atomic E-state index is 12.1. The molecule has 2 N–H and O–H groups in total. The molecule has 0 radical (unpaired) electrons. The van der Waals surface area contributed by atoms with Crippen LogP contribution in [0.15, 0.2) is 35.2 Å². The molecule has 2 rings (SSSR count). The summed E-state index contributed by atoms with van der Waals surface area (Å²) in [5.41, 5.74) is 5.57. The number of benzene rings is 1. The van der Waals surface area contributed by atoms with Gasteiger partial charge in [-0.1, -0.05) is 24.6 Å². The van der Waals surface area contributed by atoms with Crippen molar-refractivity contribution in [2.24, 2.45) is 11.7 Å². The van der Waals surface area contributed by atoms with E-state index in [1.807, 2.05) is 36.9 Å². The molecule has 20 heavy (non-hydrogen) atoms. The Bertz CT molecular complexity index is 437. The van der Waals surface area contributed by atoms with Crippen LogP contribution in [0.3, 0.4) is 0 Å². The second kappa shape index (κ2) is 7.14. The van der Waals surface area contributed by atoms with E-state index in [-0.39, 0.29) is 11.9 Å². The van der Waals surface area contributed by atoms with Crippen molar-refractivity contribution in [3.63, 3.8) is 0 Å². The van der Waals surface area contributed by atoms with Gasteiger partial charge >= 0.3 is 5.97 Å². The summed E-state index contributed by atoms with van der Waals surface area (Å²) in [5.74, 6) is 1.03. The summed E-state index contributed by atoms with van der Waals surface area (Å²) in [6.45, 7) is 2.24. The number of rotatable bonds is 6. The van der Waals surface area contributed by atoms with Crippen LogP contribution in [0, 0.1) is 5.92 Å². The van der Waals surface area contributed by atoms with Crippen LogP contribution in [0.5, 0.6) is 0 Å². The minimum Gasteiger partial charge on any atom is -0.465 e. The predicted octanol–water partition coefficient (Wildman–Crippen LogP) is 3.23. The second-order valence-electron chi connectivity index (χ2n) is 5.30. The van der Waals surface area contributed by atoms with Crippen molar-refractivity contribution >= 4 is 17.7 Å². The number of carbonyl (C=O) groups excluding carboxylic acids is 1. The number of hydrogen-bond acceptors (Lipinski definition) is 4. The lowest BCUT2D eigenvalue weighted by molar-refractivity contribution is -0.151. The average Bonchev–Trinajstić information content (AvgIpc) is 2.83. The predicted molar refractivity (Wildman–Crippen MR) is 82.7 cm³/mol. The van der Waals surface area contributed by atoms with Crippen LogP contribution in [-0.2, 0) is 9.53 Å². The minimum atomic E-state index is -0.757. The summed E-state index contributed by atoms with van der Waals surface area (Å²) >= 11 is 1.83. The minimum absolute atomic E-state index is 0.216. The summed E-state index contributed by atoms with van der Waals surface area (Å²) in [4.78, 5) is 13.3. The highest BCUT2D eigenvalue weighted by Crippen LogP contribution is 2.38. The van der Waals surface area contributed by atoms with Gasteiger partial charge in [0, 0.05) is 4.90 Å². The van der Waals surface area contributed by atoms with Crippen LogP contribution in [0.1, 0.15) is 32.6 Å². The Hall–Kier alpha value is -1.00. The molecule has 0 aliphatic heterocycles. The van der Waals surface area contributed by atoms with Crippen molar-refractivity contribution in [2.75, 3.05) is 12.4 Å². The molecule has 0 spiro atoms. The van der Waals surface area contributed by atoms with E-state index >= 15 is 0 Å². The monoisotopic (exact) mass is 293 g/mol. The number of carbonyl (C=O) groups is 1. The first-order valence-corrected chi connectivity index (χ1v) is 8.29. The molecule has 1 fully saturated rings. The Labute approximate surface area is 125 Å². The molecule has 0 amide bonds. The molecular formula is C16H23NO2S.